The first-order valence-electron chi connectivity index (χ1n) is 9.47. The first-order valence-corrected chi connectivity index (χ1v) is 9.47. The second kappa shape index (κ2) is 8.86. The molecule has 6 heteroatoms. The lowest BCUT2D eigenvalue weighted by Gasteiger charge is -2.12. The number of rotatable bonds is 5. The Bertz CT molecular complexity index is 1140. The fourth-order valence-electron chi connectivity index (χ4n) is 3.06. The summed E-state index contributed by atoms with van der Waals surface area (Å²) in [7, 11) is 1.72. The Morgan fingerprint density at radius 3 is 2.21 bits per heavy atom. The molecule has 6 nitrogen and oxygen atoms in total. The van der Waals surface area contributed by atoms with Crippen LogP contribution in [0.4, 0.5) is 0 Å². The molecule has 0 atom stereocenters. The van der Waals surface area contributed by atoms with Gasteiger partial charge in [-0.25, -0.2) is 4.98 Å². The summed E-state index contributed by atoms with van der Waals surface area (Å²) >= 11 is 0. The van der Waals surface area contributed by atoms with Gasteiger partial charge in [-0.15, -0.1) is 0 Å². The van der Waals surface area contributed by atoms with Crippen molar-refractivity contribution in [2.45, 2.75) is 6.29 Å². The van der Waals surface area contributed by atoms with Gasteiger partial charge < -0.3 is 18.8 Å². The molecule has 0 unspecified atom stereocenters. The van der Waals surface area contributed by atoms with Crippen molar-refractivity contribution in [1.82, 2.24) is 9.55 Å². The quantitative estimate of drug-likeness (QED) is 0.655. The molecule has 1 aromatic heterocycles. The summed E-state index contributed by atoms with van der Waals surface area (Å²) in [6.07, 6.45) is 3.20. The van der Waals surface area contributed by atoms with Crippen LogP contribution in [0, 0.1) is 0 Å². The lowest BCUT2D eigenvalue weighted by molar-refractivity contribution is -0.0695. The van der Waals surface area contributed by atoms with Crippen molar-refractivity contribution < 1.29 is 14.2 Å². The molecule has 1 aliphatic rings. The molecule has 0 N–H and O–H groups in total. The van der Waals surface area contributed by atoms with Gasteiger partial charge in [0.05, 0.1) is 13.2 Å². The summed E-state index contributed by atoms with van der Waals surface area (Å²) in [6.45, 7) is 1.29. The molecule has 0 bridgehead atoms. The minimum absolute atomic E-state index is 0.197. The van der Waals surface area contributed by atoms with Crippen LogP contribution in [0.15, 0.2) is 65.5 Å². The lowest BCUT2D eigenvalue weighted by Crippen LogP contribution is -2.44. The van der Waals surface area contributed by atoms with Crippen LogP contribution in [0.1, 0.15) is 11.1 Å². The van der Waals surface area contributed by atoms with Crippen molar-refractivity contribution in [3.63, 3.8) is 0 Å². The summed E-state index contributed by atoms with van der Waals surface area (Å²) in [6, 6.07) is 19.3. The van der Waals surface area contributed by atoms with Gasteiger partial charge in [-0.3, -0.25) is 4.79 Å². The monoisotopic (exact) mass is 390 g/mol. The van der Waals surface area contributed by atoms with E-state index in [0.717, 1.165) is 11.1 Å². The summed E-state index contributed by atoms with van der Waals surface area (Å²) in [5.74, 6) is 0.359. The second-order valence-corrected chi connectivity index (χ2v) is 6.64. The van der Waals surface area contributed by atoms with Crippen molar-refractivity contribution in [1.29, 1.82) is 0 Å². The Labute approximate surface area is 168 Å². The maximum Gasteiger partial charge on any atom is 0.276 e. The molecule has 1 aliphatic heterocycles. The van der Waals surface area contributed by atoms with Crippen molar-refractivity contribution in [3.05, 3.63) is 92.8 Å². The molecule has 0 radical (unpaired) electrons. The zero-order chi connectivity index (χ0) is 20.1. The van der Waals surface area contributed by atoms with Crippen LogP contribution in [0.25, 0.3) is 12.2 Å². The van der Waals surface area contributed by atoms with Gasteiger partial charge in [-0.2, -0.15) is 0 Å². The first-order chi connectivity index (χ1) is 14.2. The van der Waals surface area contributed by atoms with Gasteiger partial charge in [0.1, 0.15) is 17.3 Å². The molecule has 2 heterocycles. The topological polar surface area (TPSA) is 62.6 Å². The van der Waals surface area contributed by atoms with E-state index in [1.54, 1.807) is 17.7 Å². The molecule has 1 fully saturated rings. The third-order valence-corrected chi connectivity index (χ3v) is 4.58. The number of ether oxygens (including phenoxy) is 3. The fourth-order valence-corrected chi connectivity index (χ4v) is 3.06. The number of benzene rings is 2. The SMILES string of the molecule is Cn1c(=O)/c(=C/c2ccccc2)nc(OCC2OCCO2)/c1=C/c1ccccc1. The molecule has 0 spiro atoms. The predicted molar refractivity (Wildman–Crippen MR) is 110 cm³/mol. The van der Waals surface area contributed by atoms with E-state index in [2.05, 4.69) is 4.98 Å². The minimum atomic E-state index is -0.430. The normalized spacial score (nSPS) is 15.8. The average molecular weight is 390 g/mol. The smallest absolute Gasteiger partial charge is 0.276 e. The number of aromatic nitrogens is 2. The van der Waals surface area contributed by atoms with E-state index in [1.807, 2.05) is 66.7 Å². The molecule has 29 heavy (non-hydrogen) atoms. The Balaban J connectivity index is 1.83. The van der Waals surface area contributed by atoms with Gasteiger partial charge in [0, 0.05) is 7.05 Å². The Hall–Kier alpha value is -3.22. The Kier molecular flexibility index (Phi) is 5.84. The van der Waals surface area contributed by atoms with Crippen LogP contribution >= 0.6 is 0 Å². The van der Waals surface area contributed by atoms with E-state index in [0.29, 0.717) is 29.8 Å². The second-order valence-electron chi connectivity index (χ2n) is 6.64. The molecule has 1 saturated heterocycles. The number of nitrogens with zero attached hydrogens (tertiary/aromatic N) is 2. The fraction of sp³-hybridized carbons (Fsp3) is 0.217. The predicted octanol–water partition coefficient (Wildman–Crippen LogP) is 1.19. The highest BCUT2D eigenvalue weighted by atomic mass is 16.7. The molecule has 4 rings (SSSR count). The number of hydrogen-bond acceptors (Lipinski definition) is 5. The van der Waals surface area contributed by atoms with Crippen molar-refractivity contribution >= 4 is 12.2 Å². The maximum absolute atomic E-state index is 12.9. The van der Waals surface area contributed by atoms with Gasteiger partial charge in [-0.1, -0.05) is 60.7 Å². The van der Waals surface area contributed by atoms with Crippen molar-refractivity contribution in [3.8, 4) is 5.88 Å². The highest BCUT2D eigenvalue weighted by Crippen LogP contribution is 2.06. The van der Waals surface area contributed by atoms with Crippen LogP contribution in [0.2, 0.25) is 0 Å². The van der Waals surface area contributed by atoms with Gasteiger partial charge in [-0.05, 0) is 23.3 Å². The third-order valence-electron chi connectivity index (χ3n) is 4.58. The van der Waals surface area contributed by atoms with E-state index in [-0.39, 0.29) is 12.2 Å². The van der Waals surface area contributed by atoms with Gasteiger partial charge in [0.2, 0.25) is 5.88 Å². The zero-order valence-corrected chi connectivity index (χ0v) is 16.2. The van der Waals surface area contributed by atoms with Crippen LogP contribution in [-0.2, 0) is 16.5 Å². The minimum Gasteiger partial charge on any atom is -0.471 e. The maximum atomic E-state index is 12.9. The molecule has 3 aromatic rings. The van der Waals surface area contributed by atoms with Crippen LogP contribution in [0.3, 0.4) is 0 Å². The zero-order valence-electron chi connectivity index (χ0n) is 16.2. The van der Waals surface area contributed by atoms with E-state index < -0.39 is 6.29 Å². The third kappa shape index (κ3) is 4.62. The van der Waals surface area contributed by atoms with Crippen molar-refractivity contribution in [2.75, 3.05) is 19.8 Å². The molecule has 0 amide bonds. The lowest BCUT2D eigenvalue weighted by atomic mass is 10.2. The van der Waals surface area contributed by atoms with Crippen LogP contribution < -0.4 is 21.0 Å². The van der Waals surface area contributed by atoms with Gasteiger partial charge in [0.15, 0.2) is 6.29 Å². The van der Waals surface area contributed by atoms with Crippen molar-refractivity contribution in [2.24, 2.45) is 7.05 Å². The molecule has 0 saturated carbocycles. The van der Waals surface area contributed by atoms with Gasteiger partial charge in [0.25, 0.3) is 5.56 Å². The van der Waals surface area contributed by atoms with E-state index in [4.69, 9.17) is 14.2 Å². The summed E-state index contributed by atoms with van der Waals surface area (Å²) in [4.78, 5) is 17.5. The van der Waals surface area contributed by atoms with Crippen LogP contribution in [-0.4, -0.2) is 35.7 Å². The van der Waals surface area contributed by atoms with E-state index in [9.17, 15) is 4.79 Å². The largest absolute Gasteiger partial charge is 0.471 e. The first kappa shape index (κ1) is 19.1. The van der Waals surface area contributed by atoms with Gasteiger partial charge >= 0.3 is 0 Å². The highest BCUT2D eigenvalue weighted by Gasteiger charge is 2.18. The van der Waals surface area contributed by atoms with Crippen LogP contribution in [0.5, 0.6) is 5.88 Å². The molecular weight excluding hydrogens is 368 g/mol. The Morgan fingerprint density at radius 1 is 1.00 bits per heavy atom. The number of hydrogen-bond donors (Lipinski definition) is 0. The van der Waals surface area contributed by atoms with E-state index in [1.165, 1.54) is 0 Å². The van der Waals surface area contributed by atoms with E-state index >= 15 is 0 Å². The molecule has 148 valence electrons. The molecule has 0 aliphatic carbocycles. The Morgan fingerprint density at radius 2 is 1.59 bits per heavy atom. The average Bonchev–Trinajstić information content (AvgIpc) is 3.28. The standard InChI is InChI=1S/C23H22N2O4/c1-25-20(15-18-10-6-3-7-11-18)22(29-16-21-27-12-13-28-21)24-19(23(25)26)14-17-8-4-2-5-9-17/h2-11,14-15,21H,12-13,16H2,1H3/b19-14-,20-15-. The molecule has 2 aromatic carbocycles. The summed E-state index contributed by atoms with van der Waals surface area (Å²) < 4.78 is 18.4. The molecular formula is C23H22N2O4. The highest BCUT2D eigenvalue weighted by molar-refractivity contribution is 5.51. The summed E-state index contributed by atoms with van der Waals surface area (Å²) in [5, 5.41) is 0.900. The summed E-state index contributed by atoms with van der Waals surface area (Å²) in [5.41, 5.74) is 1.64.